The second-order valence-electron chi connectivity index (χ2n) is 9.93. The van der Waals surface area contributed by atoms with Crippen molar-refractivity contribution in [1.82, 2.24) is 10.2 Å². The number of carbonyl (C=O) groups is 4. The zero-order valence-electron chi connectivity index (χ0n) is 19.2. The monoisotopic (exact) mass is 486 g/mol. The molecule has 34 heavy (non-hydrogen) atoms. The van der Waals surface area contributed by atoms with E-state index in [1.165, 1.54) is 24.5 Å². The number of furan rings is 1. The van der Waals surface area contributed by atoms with Crippen molar-refractivity contribution < 1.29 is 23.6 Å². The van der Waals surface area contributed by atoms with Crippen molar-refractivity contribution >= 4 is 46.7 Å². The van der Waals surface area contributed by atoms with Crippen molar-refractivity contribution in [2.45, 2.75) is 45.6 Å². The SMILES string of the molecule is CC1CC(C)(C)CC2(C1)NC(=O)N(CC(=O)Nc1ccc(Cl)cc1NC(=O)c1ccco1)C2=O. The molecule has 10 heteroatoms. The molecule has 5 amide bonds. The summed E-state index contributed by atoms with van der Waals surface area (Å²) in [4.78, 5) is 52.1. The minimum atomic E-state index is -0.985. The molecule has 0 bridgehead atoms. The molecule has 1 saturated heterocycles. The van der Waals surface area contributed by atoms with Crippen LogP contribution in [0.2, 0.25) is 5.02 Å². The van der Waals surface area contributed by atoms with Crippen molar-refractivity contribution in [2.75, 3.05) is 17.2 Å². The van der Waals surface area contributed by atoms with Crippen molar-refractivity contribution in [3.05, 3.63) is 47.4 Å². The number of hydrogen-bond acceptors (Lipinski definition) is 5. The number of nitrogens with zero attached hydrogens (tertiary/aromatic N) is 1. The molecule has 1 aromatic heterocycles. The molecule has 1 spiro atoms. The van der Waals surface area contributed by atoms with Crippen LogP contribution < -0.4 is 16.0 Å². The number of halogens is 1. The van der Waals surface area contributed by atoms with Crippen LogP contribution in [0, 0.1) is 11.3 Å². The summed E-state index contributed by atoms with van der Waals surface area (Å²) in [6, 6.07) is 7.05. The number of urea groups is 1. The first-order valence-corrected chi connectivity index (χ1v) is 11.4. The lowest BCUT2D eigenvalue weighted by atomic mass is 9.64. The highest BCUT2D eigenvalue weighted by Crippen LogP contribution is 2.46. The van der Waals surface area contributed by atoms with E-state index in [0.717, 1.165) is 11.3 Å². The fourth-order valence-corrected chi connectivity index (χ4v) is 5.48. The van der Waals surface area contributed by atoms with Gasteiger partial charge in [-0.05, 0) is 60.9 Å². The summed E-state index contributed by atoms with van der Waals surface area (Å²) in [5.74, 6) is -1.13. The molecule has 0 radical (unpaired) electrons. The summed E-state index contributed by atoms with van der Waals surface area (Å²) in [7, 11) is 0. The van der Waals surface area contributed by atoms with Gasteiger partial charge in [0.05, 0.1) is 17.6 Å². The molecule has 1 aliphatic carbocycles. The molecule has 4 rings (SSSR count). The summed E-state index contributed by atoms with van der Waals surface area (Å²) in [6.07, 6.45) is 3.39. The maximum atomic E-state index is 13.3. The zero-order valence-corrected chi connectivity index (χ0v) is 20.0. The van der Waals surface area contributed by atoms with Crippen molar-refractivity contribution in [1.29, 1.82) is 0 Å². The Morgan fingerprint density at radius 3 is 2.62 bits per heavy atom. The van der Waals surface area contributed by atoms with Gasteiger partial charge in [0.15, 0.2) is 5.76 Å². The van der Waals surface area contributed by atoms with E-state index in [2.05, 4.69) is 36.7 Å². The van der Waals surface area contributed by atoms with Gasteiger partial charge in [-0.15, -0.1) is 0 Å². The Morgan fingerprint density at radius 2 is 1.94 bits per heavy atom. The summed E-state index contributed by atoms with van der Waals surface area (Å²) >= 11 is 6.06. The number of rotatable bonds is 5. The molecule has 1 saturated carbocycles. The molecule has 3 N–H and O–H groups in total. The Balaban J connectivity index is 1.47. The van der Waals surface area contributed by atoms with Crippen molar-refractivity contribution in [3.8, 4) is 0 Å². The van der Waals surface area contributed by atoms with Gasteiger partial charge >= 0.3 is 6.03 Å². The quantitative estimate of drug-likeness (QED) is 0.545. The van der Waals surface area contributed by atoms with Crippen LogP contribution in [0.3, 0.4) is 0 Å². The number of anilines is 2. The predicted molar refractivity (Wildman–Crippen MR) is 127 cm³/mol. The number of benzene rings is 1. The first kappa shape index (κ1) is 23.8. The largest absolute Gasteiger partial charge is 0.459 e. The first-order chi connectivity index (χ1) is 16.0. The van der Waals surface area contributed by atoms with Gasteiger partial charge in [-0.3, -0.25) is 19.3 Å². The summed E-state index contributed by atoms with van der Waals surface area (Å²) < 4.78 is 5.09. The highest BCUT2D eigenvalue weighted by atomic mass is 35.5. The lowest BCUT2D eigenvalue weighted by Gasteiger charge is -2.43. The lowest BCUT2D eigenvalue weighted by molar-refractivity contribution is -0.136. The molecule has 2 heterocycles. The third-order valence-electron chi connectivity index (χ3n) is 6.17. The third-order valence-corrected chi connectivity index (χ3v) is 6.41. The average Bonchev–Trinajstić information content (AvgIpc) is 3.32. The Morgan fingerprint density at radius 1 is 1.18 bits per heavy atom. The Bertz CT molecular complexity index is 1150. The van der Waals surface area contributed by atoms with Gasteiger partial charge in [0.2, 0.25) is 5.91 Å². The van der Waals surface area contributed by atoms with Crippen molar-refractivity contribution in [3.63, 3.8) is 0 Å². The molecular formula is C24H27ClN4O5. The van der Waals surface area contributed by atoms with Gasteiger partial charge in [0.1, 0.15) is 12.1 Å². The lowest BCUT2D eigenvalue weighted by Crippen LogP contribution is -2.54. The number of amides is 5. The second-order valence-corrected chi connectivity index (χ2v) is 10.4. The molecule has 1 aliphatic heterocycles. The number of imide groups is 1. The minimum Gasteiger partial charge on any atom is -0.459 e. The van der Waals surface area contributed by atoms with Gasteiger partial charge < -0.3 is 20.4 Å². The maximum absolute atomic E-state index is 13.3. The minimum absolute atomic E-state index is 0.0894. The van der Waals surface area contributed by atoms with E-state index in [4.69, 9.17) is 16.0 Å². The normalized spacial score (nSPS) is 23.6. The smallest absolute Gasteiger partial charge is 0.325 e. The first-order valence-electron chi connectivity index (χ1n) is 11.1. The van der Waals surface area contributed by atoms with Crippen LogP contribution in [0.4, 0.5) is 16.2 Å². The van der Waals surface area contributed by atoms with Crippen molar-refractivity contribution in [2.24, 2.45) is 11.3 Å². The zero-order chi connectivity index (χ0) is 24.7. The summed E-state index contributed by atoms with van der Waals surface area (Å²) in [6.45, 7) is 5.78. The van der Waals surface area contributed by atoms with Gasteiger partial charge in [-0.2, -0.15) is 0 Å². The van der Waals surface area contributed by atoms with Crippen LogP contribution in [0.5, 0.6) is 0 Å². The summed E-state index contributed by atoms with van der Waals surface area (Å²) in [5, 5.41) is 8.50. The van der Waals surface area contributed by atoms with E-state index >= 15 is 0 Å². The Labute approximate surface area is 202 Å². The van der Waals surface area contributed by atoms with Crippen LogP contribution in [0.15, 0.2) is 41.0 Å². The van der Waals surface area contributed by atoms with E-state index < -0.39 is 29.9 Å². The van der Waals surface area contributed by atoms with Crippen LogP contribution in [-0.2, 0) is 9.59 Å². The fourth-order valence-electron chi connectivity index (χ4n) is 5.30. The summed E-state index contributed by atoms with van der Waals surface area (Å²) in [5.41, 5.74) is -0.577. The standard InChI is InChI=1S/C24H27ClN4O5/c1-14-10-23(2,3)13-24(11-14)21(32)29(22(33)28-24)12-19(30)26-16-7-6-15(25)9-17(16)27-20(31)18-5-4-8-34-18/h4-9,14H,10-13H2,1-3H3,(H,26,30)(H,27,31)(H,28,33). The Hall–Kier alpha value is -3.33. The molecule has 2 aliphatic rings. The number of nitrogens with one attached hydrogen (secondary N) is 3. The second kappa shape index (κ2) is 8.79. The molecule has 2 atom stereocenters. The fraction of sp³-hybridized carbons (Fsp3) is 0.417. The number of carbonyl (C=O) groups excluding carboxylic acids is 4. The molecular weight excluding hydrogens is 460 g/mol. The molecule has 9 nitrogen and oxygen atoms in total. The van der Waals surface area contributed by atoms with E-state index in [-0.39, 0.29) is 34.4 Å². The molecule has 2 unspecified atom stereocenters. The average molecular weight is 487 g/mol. The van der Waals surface area contributed by atoms with Crippen LogP contribution in [-0.4, -0.2) is 40.7 Å². The Kier molecular flexibility index (Phi) is 6.16. The molecule has 2 aromatic rings. The van der Waals surface area contributed by atoms with E-state index in [1.54, 1.807) is 12.1 Å². The third kappa shape index (κ3) is 4.79. The molecule has 2 fully saturated rings. The van der Waals surface area contributed by atoms with Gasteiger partial charge in [0.25, 0.3) is 11.8 Å². The van der Waals surface area contributed by atoms with E-state index in [1.807, 2.05) is 0 Å². The molecule has 180 valence electrons. The van der Waals surface area contributed by atoms with Gasteiger partial charge in [0, 0.05) is 5.02 Å². The topological polar surface area (TPSA) is 121 Å². The molecule has 1 aromatic carbocycles. The predicted octanol–water partition coefficient (Wildman–Crippen LogP) is 4.26. The number of hydrogen-bond donors (Lipinski definition) is 3. The van der Waals surface area contributed by atoms with Crippen LogP contribution in [0.1, 0.15) is 50.6 Å². The van der Waals surface area contributed by atoms with E-state index in [9.17, 15) is 19.2 Å². The van der Waals surface area contributed by atoms with E-state index in [0.29, 0.717) is 17.9 Å². The van der Waals surface area contributed by atoms with Gasteiger partial charge in [-0.1, -0.05) is 32.4 Å². The van der Waals surface area contributed by atoms with Crippen LogP contribution in [0.25, 0.3) is 0 Å². The van der Waals surface area contributed by atoms with Gasteiger partial charge in [-0.25, -0.2) is 4.79 Å². The highest BCUT2D eigenvalue weighted by molar-refractivity contribution is 6.31. The highest BCUT2D eigenvalue weighted by Gasteiger charge is 2.56. The van der Waals surface area contributed by atoms with Crippen LogP contribution >= 0.6 is 11.6 Å². The maximum Gasteiger partial charge on any atom is 0.325 e.